The Balaban J connectivity index is 0.785. The van der Waals surface area contributed by atoms with Gasteiger partial charge in [-0.1, -0.05) is 234 Å². The number of anilines is 8. The van der Waals surface area contributed by atoms with Gasteiger partial charge in [0, 0.05) is 69.2 Å². The van der Waals surface area contributed by atoms with Crippen molar-refractivity contribution in [3.05, 3.63) is 326 Å². The molecule has 0 spiro atoms. The first-order valence-electron chi connectivity index (χ1n) is 44.3. The summed E-state index contributed by atoms with van der Waals surface area (Å²) in [6, 6.07) is 120. The lowest BCUT2D eigenvalue weighted by atomic mass is 9.81. The van der Waals surface area contributed by atoms with Gasteiger partial charge in [0.1, 0.15) is 0 Å². The average molecular weight is 1520 g/mol. The molecule has 17 aromatic carbocycles. The molecule has 4 heteroatoms. The summed E-state index contributed by atoms with van der Waals surface area (Å²) in [5.41, 5.74) is 31.7. The summed E-state index contributed by atoms with van der Waals surface area (Å²) in [7, 11) is 0. The molecule has 0 amide bonds. The molecular formula is C114H98N4. The molecule has 4 heterocycles. The number of fused-ring (bicyclic) bond motifs is 18. The van der Waals surface area contributed by atoms with E-state index in [4.69, 9.17) is 0 Å². The molecule has 4 nitrogen and oxygen atoms in total. The van der Waals surface area contributed by atoms with E-state index < -0.39 is 0 Å². The monoisotopic (exact) mass is 1520 g/mol. The van der Waals surface area contributed by atoms with Crippen molar-refractivity contribution in [2.75, 3.05) is 19.6 Å². The zero-order valence-corrected chi connectivity index (χ0v) is 68.9. The van der Waals surface area contributed by atoms with E-state index in [0.717, 1.165) is 0 Å². The molecule has 0 N–H and O–H groups in total. The van der Waals surface area contributed by atoms with Crippen LogP contribution in [0.2, 0.25) is 0 Å². The van der Waals surface area contributed by atoms with Crippen LogP contribution in [0.1, 0.15) is 153 Å². The highest BCUT2D eigenvalue weighted by atomic mass is 15.3. The molecule has 17 aromatic rings. The maximum absolute atomic E-state index is 2.73. The minimum Gasteiger partial charge on any atom is -0.334 e. The number of para-hydroxylation sites is 4. The normalized spacial score (nSPS) is 25.8. The average Bonchev–Trinajstić information content (AvgIpc) is 1.51. The fourth-order valence-electron chi connectivity index (χ4n) is 27.0. The van der Waals surface area contributed by atoms with Gasteiger partial charge in [0.2, 0.25) is 0 Å². The first-order valence-corrected chi connectivity index (χ1v) is 44.3. The molecule has 25 rings (SSSR count). The molecule has 574 valence electrons. The molecule has 0 radical (unpaired) electrons. The van der Waals surface area contributed by atoms with E-state index in [9.17, 15) is 0 Å². The first-order chi connectivity index (χ1) is 57.7. The SMILES string of the molecule is CC1CCC2c3cc(-c4ccc5c6c(-c7ccccc7)c7c8ccc(-c9ccc%10c(c9)C9CCC(C)C9(C)N%10c9ccccc9)c9c(-c%10ccc%11c(c%10)C%10CCC(C)C%10(C)N%11c%10ccccc%10)ccc(c7c(-c7ccccc7)c6c6ccc(-c7ccc%10c(c7)C7CCC(C)C7(C)N%10c7ccccc7)c4c56)c98)ccc3N(c3ccccc3)C12C. The van der Waals surface area contributed by atoms with Crippen molar-refractivity contribution < 1.29 is 0 Å². The molecular weight excluding hydrogens is 1430 g/mol. The molecule has 4 saturated carbocycles. The van der Waals surface area contributed by atoms with Gasteiger partial charge >= 0.3 is 0 Å². The van der Waals surface area contributed by atoms with Gasteiger partial charge in [-0.05, 0) is 353 Å². The van der Waals surface area contributed by atoms with Crippen molar-refractivity contribution in [3.8, 4) is 66.8 Å². The highest BCUT2D eigenvalue weighted by molar-refractivity contribution is 6.48. The van der Waals surface area contributed by atoms with E-state index in [0.29, 0.717) is 47.3 Å². The van der Waals surface area contributed by atoms with Crippen molar-refractivity contribution in [2.24, 2.45) is 23.7 Å². The Hall–Kier alpha value is -12.0. The maximum Gasteiger partial charge on any atom is 0.0518 e. The van der Waals surface area contributed by atoms with E-state index in [2.05, 4.69) is 378 Å². The lowest BCUT2D eigenvalue weighted by molar-refractivity contribution is 0.355. The van der Waals surface area contributed by atoms with Crippen LogP contribution >= 0.6 is 0 Å². The van der Waals surface area contributed by atoms with Crippen LogP contribution < -0.4 is 19.6 Å². The Kier molecular flexibility index (Phi) is 14.5. The van der Waals surface area contributed by atoms with Crippen LogP contribution in [0.5, 0.6) is 0 Å². The molecule has 12 atom stereocenters. The Bertz CT molecular complexity index is 6230. The number of hydrogen-bond donors (Lipinski definition) is 0. The third kappa shape index (κ3) is 8.91. The van der Waals surface area contributed by atoms with Gasteiger partial charge in [-0.2, -0.15) is 0 Å². The third-order valence-electron chi connectivity index (χ3n) is 33.2. The van der Waals surface area contributed by atoms with Crippen LogP contribution in [-0.2, 0) is 0 Å². The second-order valence-corrected chi connectivity index (χ2v) is 37.9. The van der Waals surface area contributed by atoms with Crippen LogP contribution in [0.4, 0.5) is 45.5 Å². The lowest BCUT2D eigenvalue weighted by Crippen LogP contribution is -2.45. The number of rotatable bonds is 10. The zero-order valence-electron chi connectivity index (χ0n) is 68.9. The molecule has 4 fully saturated rings. The van der Waals surface area contributed by atoms with Crippen molar-refractivity contribution in [1.29, 1.82) is 0 Å². The molecule has 4 aliphatic heterocycles. The largest absolute Gasteiger partial charge is 0.334 e. The Morgan fingerprint density at radius 2 is 0.432 bits per heavy atom. The fourth-order valence-corrected chi connectivity index (χ4v) is 27.0. The Labute approximate surface area is 693 Å². The van der Waals surface area contributed by atoms with Gasteiger partial charge in [-0.25, -0.2) is 0 Å². The molecule has 0 saturated heterocycles. The number of nitrogens with zero attached hydrogens (tertiary/aromatic N) is 4. The summed E-state index contributed by atoms with van der Waals surface area (Å²) in [5.74, 6) is 3.67. The minimum absolute atomic E-state index is 0.0529. The van der Waals surface area contributed by atoms with E-state index in [-0.39, 0.29) is 22.2 Å². The smallest absolute Gasteiger partial charge is 0.0518 e. The number of benzene rings is 15. The summed E-state index contributed by atoms with van der Waals surface area (Å²) in [4.78, 5) is 10.9. The molecule has 0 aromatic heterocycles. The van der Waals surface area contributed by atoms with Gasteiger partial charge in [0.25, 0.3) is 0 Å². The minimum atomic E-state index is -0.0529. The van der Waals surface area contributed by atoms with Gasteiger partial charge in [-0.15, -0.1) is 0 Å². The van der Waals surface area contributed by atoms with E-state index >= 15 is 0 Å². The molecule has 12 unspecified atom stereocenters. The van der Waals surface area contributed by atoms with Crippen molar-refractivity contribution in [2.45, 2.75) is 153 Å². The zero-order chi connectivity index (χ0) is 78.7. The van der Waals surface area contributed by atoms with Gasteiger partial charge in [0.05, 0.1) is 22.2 Å². The summed E-state index contributed by atoms with van der Waals surface area (Å²) in [6.45, 7) is 20.3. The quantitative estimate of drug-likeness (QED) is 0.135. The predicted molar refractivity (Wildman–Crippen MR) is 499 cm³/mol. The summed E-state index contributed by atoms with van der Waals surface area (Å²) in [6.07, 6.45) is 9.53. The highest BCUT2D eigenvalue weighted by Gasteiger charge is 2.60. The van der Waals surface area contributed by atoms with Gasteiger partial charge < -0.3 is 19.6 Å². The van der Waals surface area contributed by atoms with Gasteiger partial charge in [-0.3, -0.25) is 0 Å². The van der Waals surface area contributed by atoms with E-state index in [1.165, 1.54) is 251 Å². The first kappa shape index (κ1) is 69.2. The second-order valence-electron chi connectivity index (χ2n) is 37.9. The second kappa shape index (κ2) is 24.8. The van der Waals surface area contributed by atoms with Crippen LogP contribution in [0.15, 0.2) is 303 Å². The Morgan fingerprint density at radius 1 is 0.212 bits per heavy atom. The lowest BCUT2D eigenvalue weighted by Gasteiger charge is -2.41. The van der Waals surface area contributed by atoms with E-state index in [1.54, 1.807) is 0 Å². The van der Waals surface area contributed by atoms with Crippen molar-refractivity contribution in [1.82, 2.24) is 0 Å². The van der Waals surface area contributed by atoms with Crippen LogP contribution in [0.3, 0.4) is 0 Å². The van der Waals surface area contributed by atoms with Crippen molar-refractivity contribution >= 4 is 110 Å². The Morgan fingerprint density at radius 3 is 0.661 bits per heavy atom. The molecule has 0 bridgehead atoms. The number of hydrogen-bond acceptors (Lipinski definition) is 4. The van der Waals surface area contributed by atoms with Crippen LogP contribution in [-0.4, -0.2) is 22.2 Å². The summed E-state index contributed by atoms with van der Waals surface area (Å²) in [5, 5.41) is 15.9. The fraction of sp³-hybridized carbons (Fsp3) is 0.246. The van der Waals surface area contributed by atoms with Crippen molar-refractivity contribution in [3.63, 3.8) is 0 Å². The maximum atomic E-state index is 2.73. The van der Waals surface area contributed by atoms with Crippen LogP contribution in [0, 0.1) is 23.7 Å². The summed E-state index contributed by atoms with van der Waals surface area (Å²) < 4.78 is 0. The van der Waals surface area contributed by atoms with E-state index in [1.807, 2.05) is 0 Å². The highest BCUT2D eigenvalue weighted by Crippen LogP contribution is 2.68. The molecule has 8 aliphatic rings. The third-order valence-corrected chi connectivity index (χ3v) is 33.2. The summed E-state index contributed by atoms with van der Waals surface area (Å²) >= 11 is 0. The van der Waals surface area contributed by atoms with Gasteiger partial charge in [0.15, 0.2) is 0 Å². The standard InChI is InChI=1S/C114H98N4/c1-67-39-55-93-89-63-73(43-59-97(89)115(111(67,93)5)77-31-19-11-20-32-77)81-47-51-85-105-86(52-48-82(103(81)105)74-44-60-98-90(64-74)94-56-40-68(2)112(94,6)116(98)78-33-21-12-22-34-78)108-102(72-29-17-10-18-30-72)110-88-54-50-84(76-46-62-100-92(66-76)96-58-42-70(4)114(96,8)118(100)80-37-25-14-26-38-80)104-83(49-53-87(106(88)104)109(110)101(107(85)108)71-27-15-9-16-28-71)75-45-61-99-91(65-75)95-57-41-69(3)113(95,7)117(99)79-35-23-13-24-36-79/h9-38,43-54,59-70,93-96H,39-42,55-58H2,1-8H3. The topological polar surface area (TPSA) is 13.0 Å². The predicted octanol–water partition coefficient (Wildman–Crippen LogP) is 31.2. The molecule has 118 heavy (non-hydrogen) atoms. The molecule has 4 aliphatic carbocycles. The van der Waals surface area contributed by atoms with Crippen LogP contribution in [0.25, 0.3) is 131 Å².